The number of hydrogen-bond acceptors (Lipinski definition) is 3. The SMILES string of the molecule is CC(=O)CC1CCCCCN1CC#N. The molecule has 1 fully saturated rings. The van der Waals surface area contributed by atoms with Crippen LogP contribution < -0.4 is 0 Å². The van der Waals surface area contributed by atoms with Crippen LogP contribution in [0.4, 0.5) is 0 Å². The molecule has 1 rings (SSSR count). The van der Waals surface area contributed by atoms with Crippen molar-refractivity contribution >= 4 is 5.78 Å². The van der Waals surface area contributed by atoms with Crippen LogP contribution in [0.5, 0.6) is 0 Å². The zero-order valence-corrected chi connectivity index (χ0v) is 8.83. The number of nitriles is 1. The molecule has 3 heteroatoms. The van der Waals surface area contributed by atoms with Crippen molar-refractivity contribution in [1.29, 1.82) is 5.26 Å². The molecule has 0 aromatic heterocycles. The van der Waals surface area contributed by atoms with E-state index in [4.69, 9.17) is 5.26 Å². The molecule has 0 amide bonds. The summed E-state index contributed by atoms with van der Waals surface area (Å²) >= 11 is 0. The molecule has 1 atom stereocenters. The second kappa shape index (κ2) is 5.77. The Labute approximate surface area is 85.7 Å². The van der Waals surface area contributed by atoms with Gasteiger partial charge in [-0.25, -0.2) is 0 Å². The van der Waals surface area contributed by atoms with E-state index in [1.54, 1.807) is 6.92 Å². The maximum Gasteiger partial charge on any atom is 0.131 e. The lowest BCUT2D eigenvalue weighted by atomic mass is 10.0. The largest absolute Gasteiger partial charge is 0.300 e. The Morgan fingerprint density at radius 1 is 1.50 bits per heavy atom. The fraction of sp³-hybridized carbons (Fsp3) is 0.818. The summed E-state index contributed by atoms with van der Waals surface area (Å²) in [6.45, 7) is 3.08. The van der Waals surface area contributed by atoms with Gasteiger partial charge in [-0.15, -0.1) is 0 Å². The van der Waals surface area contributed by atoms with Gasteiger partial charge < -0.3 is 0 Å². The Morgan fingerprint density at radius 2 is 2.29 bits per heavy atom. The quantitative estimate of drug-likeness (QED) is 0.643. The molecule has 0 aromatic carbocycles. The molecule has 0 spiro atoms. The lowest BCUT2D eigenvalue weighted by Crippen LogP contribution is -2.36. The van der Waals surface area contributed by atoms with Crippen molar-refractivity contribution in [2.45, 2.75) is 45.1 Å². The molecule has 0 bridgehead atoms. The first-order valence-corrected chi connectivity index (χ1v) is 5.34. The highest BCUT2D eigenvalue weighted by atomic mass is 16.1. The predicted molar refractivity (Wildman–Crippen MR) is 54.7 cm³/mol. The number of likely N-dealkylation sites (tertiary alicyclic amines) is 1. The van der Waals surface area contributed by atoms with Crippen LogP contribution in [-0.2, 0) is 4.79 Å². The lowest BCUT2D eigenvalue weighted by molar-refractivity contribution is -0.118. The highest BCUT2D eigenvalue weighted by Crippen LogP contribution is 2.18. The number of hydrogen-bond donors (Lipinski definition) is 0. The third kappa shape index (κ3) is 3.47. The molecular formula is C11H18N2O. The number of rotatable bonds is 3. The van der Waals surface area contributed by atoms with Crippen molar-refractivity contribution in [2.24, 2.45) is 0 Å². The van der Waals surface area contributed by atoms with E-state index in [-0.39, 0.29) is 5.78 Å². The molecule has 0 aromatic rings. The zero-order chi connectivity index (χ0) is 10.4. The Bertz CT molecular complexity index is 232. The van der Waals surface area contributed by atoms with Gasteiger partial charge >= 0.3 is 0 Å². The van der Waals surface area contributed by atoms with Gasteiger partial charge in [0.15, 0.2) is 0 Å². The Kier molecular flexibility index (Phi) is 4.61. The average molecular weight is 194 g/mol. The molecule has 0 radical (unpaired) electrons. The van der Waals surface area contributed by atoms with Gasteiger partial charge in [-0.1, -0.05) is 12.8 Å². The minimum atomic E-state index is 0.236. The summed E-state index contributed by atoms with van der Waals surface area (Å²) in [5.74, 6) is 0.236. The highest BCUT2D eigenvalue weighted by molar-refractivity contribution is 5.76. The van der Waals surface area contributed by atoms with Crippen molar-refractivity contribution in [1.82, 2.24) is 4.90 Å². The third-order valence-electron chi connectivity index (χ3n) is 2.80. The summed E-state index contributed by atoms with van der Waals surface area (Å²) in [5.41, 5.74) is 0. The molecular weight excluding hydrogens is 176 g/mol. The van der Waals surface area contributed by atoms with Crippen molar-refractivity contribution in [3.05, 3.63) is 0 Å². The molecule has 1 heterocycles. The summed E-state index contributed by atoms with van der Waals surface area (Å²) in [7, 11) is 0. The van der Waals surface area contributed by atoms with Crippen LogP contribution in [0.25, 0.3) is 0 Å². The Morgan fingerprint density at radius 3 is 2.93 bits per heavy atom. The van der Waals surface area contributed by atoms with E-state index < -0.39 is 0 Å². The standard InChI is InChI=1S/C11H18N2O/c1-10(14)9-11-5-3-2-4-7-13(11)8-6-12/h11H,2-5,7-9H2,1H3. The van der Waals surface area contributed by atoms with Gasteiger partial charge in [0.2, 0.25) is 0 Å². The van der Waals surface area contributed by atoms with E-state index in [1.165, 1.54) is 12.8 Å². The first-order valence-electron chi connectivity index (χ1n) is 5.34. The molecule has 1 aliphatic heterocycles. The van der Waals surface area contributed by atoms with Crippen LogP contribution in [0.1, 0.15) is 39.0 Å². The van der Waals surface area contributed by atoms with Gasteiger partial charge in [0.1, 0.15) is 5.78 Å². The first kappa shape index (κ1) is 11.2. The maximum absolute atomic E-state index is 11.1. The van der Waals surface area contributed by atoms with Gasteiger partial charge in [0, 0.05) is 12.5 Å². The van der Waals surface area contributed by atoms with Crippen LogP contribution in [-0.4, -0.2) is 29.8 Å². The van der Waals surface area contributed by atoms with Crippen LogP contribution in [0.3, 0.4) is 0 Å². The molecule has 14 heavy (non-hydrogen) atoms. The zero-order valence-electron chi connectivity index (χ0n) is 8.83. The van der Waals surface area contributed by atoms with Crippen molar-refractivity contribution in [3.8, 4) is 6.07 Å². The van der Waals surface area contributed by atoms with Crippen molar-refractivity contribution < 1.29 is 4.79 Å². The Hall–Kier alpha value is -0.880. The molecule has 78 valence electrons. The number of ketones is 1. The number of carbonyl (C=O) groups excluding carboxylic acids is 1. The van der Waals surface area contributed by atoms with E-state index >= 15 is 0 Å². The van der Waals surface area contributed by atoms with Gasteiger partial charge in [-0.3, -0.25) is 9.69 Å². The predicted octanol–water partition coefficient (Wildman–Crippen LogP) is 1.73. The molecule has 1 aliphatic rings. The van der Waals surface area contributed by atoms with E-state index in [2.05, 4.69) is 11.0 Å². The second-order valence-electron chi connectivity index (χ2n) is 4.04. The minimum Gasteiger partial charge on any atom is -0.300 e. The van der Waals surface area contributed by atoms with E-state index in [0.29, 0.717) is 19.0 Å². The smallest absolute Gasteiger partial charge is 0.131 e. The fourth-order valence-corrected chi connectivity index (χ4v) is 2.10. The van der Waals surface area contributed by atoms with Crippen molar-refractivity contribution in [2.75, 3.05) is 13.1 Å². The fourth-order valence-electron chi connectivity index (χ4n) is 2.10. The normalized spacial score (nSPS) is 23.9. The summed E-state index contributed by atoms with van der Waals surface area (Å²) in [5, 5.41) is 8.69. The number of carbonyl (C=O) groups is 1. The Balaban J connectivity index is 2.54. The molecule has 3 nitrogen and oxygen atoms in total. The lowest BCUT2D eigenvalue weighted by Gasteiger charge is -2.26. The number of nitrogens with zero attached hydrogens (tertiary/aromatic N) is 2. The van der Waals surface area contributed by atoms with Crippen molar-refractivity contribution in [3.63, 3.8) is 0 Å². The van der Waals surface area contributed by atoms with Crippen LogP contribution in [0.2, 0.25) is 0 Å². The average Bonchev–Trinajstić information content (AvgIpc) is 2.32. The number of Topliss-reactive ketones (excluding diaryl/α,β-unsaturated/α-hetero) is 1. The summed E-state index contributed by atoms with van der Waals surface area (Å²) in [4.78, 5) is 13.2. The van der Waals surface area contributed by atoms with Crippen LogP contribution in [0, 0.1) is 11.3 Å². The monoisotopic (exact) mass is 194 g/mol. The summed E-state index contributed by atoms with van der Waals surface area (Å²) in [6, 6.07) is 2.50. The van der Waals surface area contributed by atoms with E-state index in [0.717, 1.165) is 19.4 Å². The van der Waals surface area contributed by atoms with Gasteiger partial charge in [0.25, 0.3) is 0 Å². The first-order chi connectivity index (χ1) is 6.74. The highest BCUT2D eigenvalue weighted by Gasteiger charge is 2.21. The van der Waals surface area contributed by atoms with Crippen LogP contribution >= 0.6 is 0 Å². The summed E-state index contributed by atoms with van der Waals surface area (Å²) in [6.07, 6.45) is 5.27. The second-order valence-corrected chi connectivity index (χ2v) is 4.04. The van der Waals surface area contributed by atoms with Crippen LogP contribution in [0.15, 0.2) is 0 Å². The maximum atomic E-state index is 11.1. The van der Waals surface area contributed by atoms with E-state index in [1.807, 2.05) is 0 Å². The molecule has 1 saturated heterocycles. The minimum absolute atomic E-state index is 0.236. The molecule has 0 saturated carbocycles. The molecule has 0 aliphatic carbocycles. The summed E-state index contributed by atoms with van der Waals surface area (Å²) < 4.78 is 0. The molecule has 0 N–H and O–H groups in total. The van der Waals surface area contributed by atoms with E-state index in [9.17, 15) is 4.79 Å². The third-order valence-corrected chi connectivity index (χ3v) is 2.80. The van der Waals surface area contributed by atoms with Gasteiger partial charge in [-0.2, -0.15) is 5.26 Å². The molecule has 1 unspecified atom stereocenters. The topological polar surface area (TPSA) is 44.1 Å². The van der Waals surface area contributed by atoms with Gasteiger partial charge in [0.05, 0.1) is 12.6 Å². The van der Waals surface area contributed by atoms with Gasteiger partial charge in [-0.05, 0) is 26.3 Å².